The number of hydrogen-bond donors (Lipinski definition) is 1. The van der Waals surface area contributed by atoms with E-state index >= 15 is 0 Å². The van der Waals surface area contributed by atoms with Crippen LogP contribution in [0.15, 0.2) is 24.3 Å². The molecule has 1 aliphatic rings. The smallest absolute Gasteiger partial charge is 0.225 e. The second kappa shape index (κ2) is 7.74. The van der Waals surface area contributed by atoms with Crippen molar-refractivity contribution in [3.05, 3.63) is 40.0 Å². The van der Waals surface area contributed by atoms with E-state index in [0.717, 1.165) is 41.8 Å². The number of aliphatic hydroxyl groups is 1. The predicted octanol–water partition coefficient (Wildman–Crippen LogP) is 5.37. The number of halogens is 1. The summed E-state index contributed by atoms with van der Waals surface area (Å²) in [4.78, 5) is 13.7. The van der Waals surface area contributed by atoms with E-state index in [1.54, 1.807) is 11.3 Å². The molecule has 4 nitrogen and oxygen atoms in total. The van der Waals surface area contributed by atoms with Gasteiger partial charge in [0, 0.05) is 29.6 Å². The Morgan fingerprint density at radius 3 is 2.70 bits per heavy atom. The first-order valence-electron chi connectivity index (χ1n) is 9.49. The van der Waals surface area contributed by atoms with Crippen LogP contribution >= 0.6 is 22.9 Å². The zero-order valence-corrected chi connectivity index (χ0v) is 17.3. The highest BCUT2D eigenvalue weighted by atomic mass is 35.5. The van der Waals surface area contributed by atoms with Crippen molar-refractivity contribution < 1.29 is 5.11 Å². The molecule has 4 rings (SSSR count). The third-order valence-electron chi connectivity index (χ3n) is 5.38. The minimum absolute atomic E-state index is 0.191. The van der Waals surface area contributed by atoms with Gasteiger partial charge in [-0.25, -0.2) is 4.98 Å². The van der Waals surface area contributed by atoms with Crippen LogP contribution in [0.3, 0.4) is 0 Å². The lowest BCUT2D eigenvalue weighted by atomic mass is 9.97. The van der Waals surface area contributed by atoms with Crippen molar-refractivity contribution in [2.75, 3.05) is 18.1 Å². The molecule has 1 saturated heterocycles. The molecule has 6 heteroatoms. The normalized spacial score (nSPS) is 17.6. The molecule has 0 aliphatic carbocycles. The molecule has 0 spiro atoms. The van der Waals surface area contributed by atoms with Crippen molar-refractivity contribution in [2.24, 2.45) is 0 Å². The van der Waals surface area contributed by atoms with Gasteiger partial charge < -0.3 is 10.0 Å². The Kier molecular flexibility index (Phi) is 5.35. The fourth-order valence-corrected chi connectivity index (χ4v) is 5.33. The molecule has 1 N–H and O–H groups in total. The van der Waals surface area contributed by atoms with Gasteiger partial charge in [-0.05, 0) is 56.7 Å². The summed E-state index contributed by atoms with van der Waals surface area (Å²) in [5.41, 5.74) is 3.64. The molecule has 1 fully saturated rings. The molecule has 2 aromatic heterocycles. The summed E-state index contributed by atoms with van der Waals surface area (Å²) < 4.78 is 0. The van der Waals surface area contributed by atoms with Crippen molar-refractivity contribution in [3.63, 3.8) is 0 Å². The number of benzene rings is 1. The number of nitrogens with zero attached hydrogens (tertiary/aromatic N) is 3. The van der Waals surface area contributed by atoms with E-state index in [-0.39, 0.29) is 6.61 Å². The lowest BCUT2D eigenvalue weighted by Crippen LogP contribution is -2.40. The van der Waals surface area contributed by atoms with E-state index in [2.05, 4.69) is 53.0 Å². The van der Waals surface area contributed by atoms with Crippen molar-refractivity contribution in [3.8, 4) is 11.1 Å². The number of aryl methyl sites for hydroxylation is 2. The summed E-state index contributed by atoms with van der Waals surface area (Å²) >= 11 is 7.98. The van der Waals surface area contributed by atoms with E-state index in [1.807, 2.05) is 0 Å². The molecular weight excluding hydrogens is 378 g/mol. The summed E-state index contributed by atoms with van der Waals surface area (Å²) in [5, 5.41) is 10.9. The van der Waals surface area contributed by atoms with Crippen LogP contribution in [0.5, 0.6) is 0 Å². The van der Waals surface area contributed by atoms with Crippen molar-refractivity contribution in [2.45, 2.75) is 45.6 Å². The Bertz CT molecular complexity index is 952. The number of hydrogen-bond acceptors (Lipinski definition) is 5. The molecule has 3 heterocycles. The summed E-state index contributed by atoms with van der Waals surface area (Å²) in [6, 6.07) is 8.92. The molecule has 0 saturated carbocycles. The van der Waals surface area contributed by atoms with Gasteiger partial charge in [-0.3, -0.25) is 0 Å². The molecule has 1 aromatic carbocycles. The van der Waals surface area contributed by atoms with Gasteiger partial charge in [0.25, 0.3) is 0 Å². The maximum atomic E-state index is 9.53. The first kappa shape index (κ1) is 18.7. The SMILES string of the molecule is Cc1ccc(-c2c(C)sc3nc(Cl)nc(N4CCCCC4CCO)c23)cc1. The van der Waals surface area contributed by atoms with Crippen LogP contribution in [0.2, 0.25) is 5.28 Å². The van der Waals surface area contributed by atoms with Gasteiger partial charge in [-0.1, -0.05) is 29.8 Å². The van der Waals surface area contributed by atoms with Crippen LogP contribution in [0.25, 0.3) is 21.3 Å². The molecule has 1 atom stereocenters. The zero-order valence-electron chi connectivity index (χ0n) is 15.7. The predicted molar refractivity (Wildman–Crippen MR) is 114 cm³/mol. The standard InChI is InChI=1S/C21H24ClN3OS/c1-13-6-8-15(9-7-13)17-14(2)27-20-18(17)19(23-21(22)24-20)25-11-4-3-5-16(25)10-12-26/h6-9,16,26H,3-5,10-12H2,1-2H3. The van der Waals surface area contributed by atoms with Crippen LogP contribution in [0.1, 0.15) is 36.1 Å². The monoisotopic (exact) mass is 401 g/mol. The quantitative estimate of drug-likeness (QED) is 0.597. The van der Waals surface area contributed by atoms with E-state index in [1.165, 1.54) is 28.0 Å². The highest BCUT2D eigenvalue weighted by molar-refractivity contribution is 7.19. The molecule has 27 heavy (non-hydrogen) atoms. The maximum absolute atomic E-state index is 9.53. The fraction of sp³-hybridized carbons (Fsp3) is 0.429. The maximum Gasteiger partial charge on any atom is 0.225 e. The molecule has 1 unspecified atom stereocenters. The first-order chi connectivity index (χ1) is 13.1. The highest BCUT2D eigenvalue weighted by Crippen LogP contribution is 2.43. The van der Waals surface area contributed by atoms with Crippen LogP contribution in [-0.2, 0) is 0 Å². The second-order valence-corrected chi connectivity index (χ2v) is 8.79. The van der Waals surface area contributed by atoms with E-state index < -0.39 is 0 Å². The lowest BCUT2D eigenvalue weighted by Gasteiger charge is -2.37. The van der Waals surface area contributed by atoms with Crippen LogP contribution in [0.4, 0.5) is 5.82 Å². The molecule has 142 valence electrons. The number of anilines is 1. The van der Waals surface area contributed by atoms with Gasteiger partial charge in [-0.2, -0.15) is 4.98 Å². The first-order valence-corrected chi connectivity index (χ1v) is 10.7. The largest absolute Gasteiger partial charge is 0.396 e. The van der Waals surface area contributed by atoms with Crippen LogP contribution in [-0.4, -0.2) is 34.3 Å². The van der Waals surface area contributed by atoms with Crippen molar-refractivity contribution >= 4 is 39.0 Å². The van der Waals surface area contributed by atoms with Crippen LogP contribution in [0, 0.1) is 13.8 Å². The Morgan fingerprint density at radius 1 is 1.19 bits per heavy atom. The van der Waals surface area contributed by atoms with Gasteiger partial charge >= 0.3 is 0 Å². The Labute approximate surface area is 168 Å². The topological polar surface area (TPSA) is 49.2 Å². The minimum Gasteiger partial charge on any atom is -0.396 e. The van der Waals surface area contributed by atoms with Gasteiger partial charge in [0.15, 0.2) is 0 Å². The van der Waals surface area contributed by atoms with Gasteiger partial charge in [0.05, 0.1) is 5.39 Å². The lowest BCUT2D eigenvalue weighted by molar-refractivity contribution is 0.262. The molecule has 0 amide bonds. The minimum atomic E-state index is 0.191. The number of thiophene rings is 1. The fourth-order valence-electron chi connectivity index (χ4n) is 4.07. The van der Waals surface area contributed by atoms with Gasteiger partial charge in [0.1, 0.15) is 10.6 Å². The Balaban J connectivity index is 1.93. The number of piperidine rings is 1. The third kappa shape index (κ3) is 3.56. The van der Waals surface area contributed by atoms with Crippen LogP contribution < -0.4 is 4.90 Å². The second-order valence-electron chi connectivity index (χ2n) is 7.25. The highest BCUT2D eigenvalue weighted by Gasteiger charge is 2.28. The molecule has 1 aliphatic heterocycles. The average Bonchev–Trinajstić information content (AvgIpc) is 2.98. The summed E-state index contributed by atoms with van der Waals surface area (Å²) in [6.45, 7) is 5.37. The van der Waals surface area contributed by atoms with Gasteiger partial charge in [0.2, 0.25) is 5.28 Å². The van der Waals surface area contributed by atoms with Gasteiger partial charge in [-0.15, -0.1) is 11.3 Å². The molecular formula is C21H24ClN3OS. The number of fused-ring (bicyclic) bond motifs is 1. The molecule has 3 aromatic rings. The Morgan fingerprint density at radius 2 is 1.96 bits per heavy atom. The summed E-state index contributed by atoms with van der Waals surface area (Å²) in [6.07, 6.45) is 4.16. The van der Waals surface area contributed by atoms with Crippen molar-refractivity contribution in [1.29, 1.82) is 0 Å². The molecule has 0 radical (unpaired) electrons. The third-order valence-corrected chi connectivity index (χ3v) is 6.55. The van der Waals surface area contributed by atoms with E-state index in [0.29, 0.717) is 11.3 Å². The van der Waals surface area contributed by atoms with Crippen molar-refractivity contribution in [1.82, 2.24) is 9.97 Å². The number of aliphatic hydroxyl groups excluding tert-OH is 1. The zero-order chi connectivity index (χ0) is 19.0. The number of rotatable bonds is 4. The Hall–Kier alpha value is -1.69. The van der Waals surface area contributed by atoms with E-state index in [9.17, 15) is 5.11 Å². The summed E-state index contributed by atoms with van der Waals surface area (Å²) in [7, 11) is 0. The molecule has 0 bridgehead atoms. The summed E-state index contributed by atoms with van der Waals surface area (Å²) in [5.74, 6) is 0.920. The van der Waals surface area contributed by atoms with E-state index in [4.69, 9.17) is 11.6 Å². The average molecular weight is 402 g/mol. The number of aromatic nitrogens is 2.